The minimum atomic E-state index is 0.116. The van der Waals surface area contributed by atoms with Gasteiger partial charge in [-0.3, -0.25) is 5.43 Å². The molecule has 0 aliphatic rings. The minimum Gasteiger partial charge on any atom is -0.507 e. The molecule has 0 spiro atoms. The minimum absolute atomic E-state index is 0.116. The molecule has 2 N–H and O–H groups in total. The van der Waals surface area contributed by atoms with Crippen LogP contribution in [0.25, 0.3) is 11.0 Å². The van der Waals surface area contributed by atoms with E-state index in [0.29, 0.717) is 23.6 Å². The Hall–Kier alpha value is -3.93. The highest BCUT2D eigenvalue weighted by Gasteiger charge is 2.09. The zero-order valence-corrected chi connectivity index (χ0v) is 15.9. The van der Waals surface area contributed by atoms with Gasteiger partial charge in [0.1, 0.15) is 11.5 Å². The number of phenolic OH excluding ortho intramolecular Hbond substituents is 1. The Balaban J connectivity index is 1.65. The van der Waals surface area contributed by atoms with Gasteiger partial charge in [-0.25, -0.2) is 9.97 Å². The molecule has 0 amide bonds. The number of hydrogen-bond donors (Lipinski definition) is 2. The standard InChI is InChI=1S/C23H20N4O2/c1-29-18-11-12-22(28)17(14-18)15-24-27-23-21(13-16-7-3-2-4-8-16)25-19-9-5-6-10-20(19)26-23/h2-12,14-15,28H,13H2,1H3,(H,26,27). The second-order valence-electron chi connectivity index (χ2n) is 6.46. The summed E-state index contributed by atoms with van der Waals surface area (Å²) < 4.78 is 5.19. The molecule has 4 aromatic rings. The smallest absolute Gasteiger partial charge is 0.169 e. The highest BCUT2D eigenvalue weighted by atomic mass is 16.5. The number of aromatic nitrogens is 2. The first-order valence-electron chi connectivity index (χ1n) is 9.18. The van der Waals surface area contributed by atoms with Crippen molar-refractivity contribution in [3.05, 3.63) is 89.6 Å². The number of hydrogen-bond acceptors (Lipinski definition) is 6. The average molecular weight is 384 g/mol. The molecule has 0 aliphatic heterocycles. The first kappa shape index (κ1) is 18.4. The van der Waals surface area contributed by atoms with Crippen molar-refractivity contribution in [1.82, 2.24) is 9.97 Å². The molecule has 0 bridgehead atoms. The van der Waals surface area contributed by atoms with Crippen LogP contribution in [-0.4, -0.2) is 28.4 Å². The molecule has 3 aromatic carbocycles. The molecule has 0 atom stereocenters. The van der Waals surface area contributed by atoms with Gasteiger partial charge in [-0.2, -0.15) is 5.10 Å². The Labute approximate surface area is 168 Å². The third-order valence-electron chi connectivity index (χ3n) is 4.47. The Bertz CT molecular complexity index is 1160. The molecule has 1 heterocycles. The van der Waals surface area contributed by atoms with E-state index in [1.807, 2.05) is 42.5 Å². The number of phenols is 1. The van der Waals surface area contributed by atoms with Crippen molar-refractivity contribution in [3.8, 4) is 11.5 Å². The van der Waals surface area contributed by atoms with Crippen molar-refractivity contribution in [3.63, 3.8) is 0 Å². The van der Waals surface area contributed by atoms with E-state index in [2.05, 4.69) is 27.6 Å². The summed E-state index contributed by atoms with van der Waals surface area (Å²) in [5.41, 5.74) is 7.06. The summed E-state index contributed by atoms with van der Waals surface area (Å²) in [7, 11) is 1.58. The summed E-state index contributed by atoms with van der Waals surface area (Å²) in [6.45, 7) is 0. The molecule has 144 valence electrons. The normalized spacial score (nSPS) is 11.1. The van der Waals surface area contributed by atoms with Crippen LogP contribution in [0.3, 0.4) is 0 Å². The van der Waals surface area contributed by atoms with Crippen LogP contribution in [0.2, 0.25) is 0 Å². The lowest BCUT2D eigenvalue weighted by molar-refractivity contribution is 0.412. The topological polar surface area (TPSA) is 79.6 Å². The molecule has 0 saturated carbocycles. The predicted octanol–water partition coefficient (Wildman–Crippen LogP) is 4.38. The van der Waals surface area contributed by atoms with Gasteiger partial charge in [-0.15, -0.1) is 0 Å². The van der Waals surface area contributed by atoms with E-state index in [0.717, 1.165) is 22.3 Å². The fraction of sp³-hybridized carbons (Fsp3) is 0.0870. The van der Waals surface area contributed by atoms with Crippen LogP contribution in [0.15, 0.2) is 77.9 Å². The number of methoxy groups -OCH3 is 1. The van der Waals surface area contributed by atoms with Crippen LogP contribution in [0, 0.1) is 0 Å². The lowest BCUT2D eigenvalue weighted by atomic mass is 10.1. The molecule has 6 nitrogen and oxygen atoms in total. The second kappa shape index (κ2) is 8.39. The summed E-state index contributed by atoms with van der Waals surface area (Å²) in [5, 5.41) is 14.3. The van der Waals surface area contributed by atoms with Crippen molar-refractivity contribution in [2.45, 2.75) is 6.42 Å². The Kier molecular flexibility index (Phi) is 5.33. The summed E-state index contributed by atoms with van der Waals surface area (Å²) in [6.07, 6.45) is 2.15. The third kappa shape index (κ3) is 4.32. The number of para-hydroxylation sites is 2. The maximum absolute atomic E-state index is 10.0. The van der Waals surface area contributed by atoms with Crippen LogP contribution in [-0.2, 0) is 6.42 Å². The third-order valence-corrected chi connectivity index (χ3v) is 4.47. The molecule has 0 saturated heterocycles. The number of benzene rings is 3. The highest BCUT2D eigenvalue weighted by molar-refractivity contribution is 5.84. The second-order valence-corrected chi connectivity index (χ2v) is 6.46. The first-order valence-corrected chi connectivity index (χ1v) is 9.18. The van der Waals surface area contributed by atoms with Gasteiger partial charge in [0.25, 0.3) is 0 Å². The fourth-order valence-electron chi connectivity index (χ4n) is 2.96. The number of anilines is 1. The average Bonchev–Trinajstić information content (AvgIpc) is 2.76. The van der Waals surface area contributed by atoms with Crippen molar-refractivity contribution < 1.29 is 9.84 Å². The molecule has 0 unspecified atom stereocenters. The number of nitrogens with one attached hydrogen (secondary N) is 1. The molecule has 1 aromatic heterocycles. The summed E-state index contributed by atoms with van der Waals surface area (Å²) in [6, 6.07) is 22.8. The highest BCUT2D eigenvalue weighted by Crippen LogP contribution is 2.22. The van der Waals surface area contributed by atoms with E-state index in [1.54, 1.807) is 25.3 Å². The van der Waals surface area contributed by atoms with Crippen LogP contribution in [0.5, 0.6) is 11.5 Å². The monoisotopic (exact) mass is 384 g/mol. The molecule has 0 radical (unpaired) electrons. The summed E-state index contributed by atoms with van der Waals surface area (Å²) in [5.74, 6) is 1.33. The lowest BCUT2D eigenvalue weighted by Gasteiger charge is -2.09. The Morgan fingerprint density at radius 3 is 2.45 bits per heavy atom. The van der Waals surface area contributed by atoms with Gasteiger partial charge in [0, 0.05) is 12.0 Å². The zero-order chi connectivity index (χ0) is 20.1. The van der Waals surface area contributed by atoms with Gasteiger partial charge >= 0.3 is 0 Å². The predicted molar refractivity (Wildman–Crippen MR) is 115 cm³/mol. The fourth-order valence-corrected chi connectivity index (χ4v) is 2.96. The van der Waals surface area contributed by atoms with Gasteiger partial charge in [-0.05, 0) is 35.9 Å². The first-order chi connectivity index (χ1) is 14.2. The van der Waals surface area contributed by atoms with Gasteiger partial charge in [0.15, 0.2) is 5.82 Å². The molecule has 0 fully saturated rings. The van der Waals surface area contributed by atoms with Crippen LogP contribution >= 0.6 is 0 Å². The molecule has 6 heteroatoms. The number of ether oxygens (including phenoxy) is 1. The summed E-state index contributed by atoms with van der Waals surface area (Å²) >= 11 is 0. The van der Waals surface area contributed by atoms with Crippen molar-refractivity contribution in [2.24, 2.45) is 5.10 Å². The largest absolute Gasteiger partial charge is 0.507 e. The van der Waals surface area contributed by atoms with E-state index in [9.17, 15) is 5.11 Å². The van der Waals surface area contributed by atoms with E-state index in [-0.39, 0.29) is 5.75 Å². The van der Waals surface area contributed by atoms with Gasteiger partial charge < -0.3 is 9.84 Å². The van der Waals surface area contributed by atoms with E-state index < -0.39 is 0 Å². The Morgan fingerprint density at radius 2 is 1.69 bits per heavy atom. The number of rotatable bonds is 6. The summed E-state index contributed by atoms with van der Waals surface area (Å²) in [4.78, 5) is 9.46. The van der Waals surface area contributed by atoms with Crippen molar-refractivity contribution in [1.29, 1.82) is 0 Å². The number of aromatic hydroxyl groups is 1. The number of hydrazone groups is 1. The quantitative estimate of drug-likeness (QED) is 0.381. The van der Waals surface area contributed by atoms with Crippen LogP contribution in [0.4, 0.5) is 5.82 Å². The van der Waals surface area contributed by atoms with Crippen molar-refractivity contribution >= 4 is 23.1 Å². The number of fused-ring (bicyclic) bond motifs is 1. The Morgan fingerprint density at radius 1 is 0.966 bits per heavy atom. The molecule has 0 aliphatic carbocycles. The molecular formula is C23H20N4O2. The van der Waals surface area contributed by atoms with Gasteiger partial charge in [0.05, 0.1) is 30.1 Å². The van der Waals surface area contributed by atoms with Crippen LogP contribution < -0.4 is 10.2 Å². The molecule has 29 heavy (non-hydrogen) atoms. The number of nitrogens with zero attached hydrogens (tertiary/aromatic N) is 3. The lowest BCUT2D eigenvalue weighted by Crippen LogP contribution is -2.04. The molecular weight excluding hydrogens is 364 g/mol. The van der Waals surface area contributed by atoms with Crippen molar-refractivity contribution in [2.75, 3.05) is 12.5 Å². The van der Waals surface area contributed by atoms with Crippen LogP contribution in [0.1, 0.15) is 16.8 Å². The van der Waals surface area contributed by atoms with E-state index >= 15 is 0 Å². The van der Waals surface area contributed by atoms with Gasteiger partial charge in [-0.1, -0.05) is 42.5 Å². The molecule has 4 rings (SSSR count). The van der Waals surface area contributed by atoms with E-state index in [1.165, 1.54) is 6.21 Å². The SMILES string of the molecule is COc1ccc(O)c(C=NNc2nc3ccccc3nc2Cc2ccccc2)c1. The van der Waals surface area contributed by atoms with E-state index in [4.69, 9.17) is 9.72 Å². The van der Waals surface area contributed by atoms with Gasteiger partial charge in [0.2, 0.25) is 0 Å². The maximum Gasteiger partial charge on any atom is 0.169 e. The zero-order valence-electron chi connectivity index (χ0n) is 15.9. The maximum atomic E-state index is 10.0.